The second kappa shape index (κ2) is 9.18. The second-order valence-electron chi connectivity index (χ2n) is 5.81. The Balaban J connectivity index is 2.05. The minimum absolute atomic E-state index is 0.181. The lowest BCUT2D eigenvalue weighted by Gasteiger charge is -2.09. The third-order valence-corrected chi connectivity index (χ3v) is 4.00. The zero-order valence-electron chi connectivity index (χ0n) is 14.4. The number of halogens is 1. The van der Waals surface area contributed by atoms with Gasteiger partial charge in [-0.1, -0.05) is 37.4 Å². The first-order valence-electron chi connectivity index (χ1n) is 8.33. The van der Waals surface area contributed by atoms with Crippen molar-refractivity contribution in [2.45, 2.75) is 33.1 Å². The Morgan fingerprint density at radius 1 is 1.12 bits per heavy atom. The number of amides is 2. The zero-order valence-corrected chi connectivity index (χ0v) is 15.2. The van der Waals surface area contributed by atoms with Gasteiger partial charge in [-0.05, 0) is 43.2 Å². The molecule has 2 N–H and O–H groups in total. The topological polar surface area (TPSA) is 71.1 Å². The molecule has 0 radical (unpaired) electrons. The number of unbranched alkanes of at least 4 members (excludes halogenated alkanes) is 2. The highest BCUT2D eigenvalue weighted by Gasteiger charge is 2.13. The number of hydrogen-bond acceptors (Lipinski definition) is 3. The van der Waals surface area contributed by atoms with Gasteiger partial charge in [0.25, 0.3) is 11.8 Å². The van der Waals surface area contributed by atoms with Crippen molar-refractivity contribution >= 4 is 29.1 Å². The van der Waals surface area contributed by atoms with Crippen LogP contribution in [-0.4, -0.2) is 23.3 Å². The summed E-state index contributed by atoms with van der Waals surface area (Å²) in [5, 5.41) is 6.16. The fourth-order valence-corrected chi connectivity index (χ4v) is 2.46. The summed E-state index contributed by atoms with van der Waals surface area (Å²) in [6, 6.07) is 8.35. The molecule has 25 heavy (non-hydrogen) atoms. The number of aryl methyl sites for hydroxylation is 1. The van der Waals surface area contributed by atoms with Gasteiger partial charge in [-0.3, -0.25) is 14.6 Å². The maximum absolute atomic E-state index is 12.4. The van der Waals surface area contributed by atoms with Crippen molar-refractivity contribution in [3.8, 4) is 0 Å². The van der Waals surface area contributed by atoms with E-state index in [1.54, 1.807) is 18.2 Å². The Labute approximate surface area is 152 Å². The first-order chi connectivity index (χ1) is 12.0. The van der Waals surface area contributed by atoms with Gasteiger partial charge in [0, 0.05) is 29.0 Å². The van der Waals surface area contributed by atoms with E-state index in [1.807, 2.05) is 13.0 Å². The zero-order chi connectivity index (χ0) is 18.2. The van der Waals surface area contributed by atoms with Crippen LogP contribution in [-0.2, 0) is 0 Å². The van der Waals surface area contributed by atoms with Gasteiger partial charge >= 0.3 is 0 Å². The fraction of sp³-hybridized carbons (Fsp3) is 0.316. The molecular weight excluding hydrogens is 338 g/mol. The van der Waals surface area contributed by atoms with Crippen LogP contribution in [0.25, 0.3) is 0 Å². The van der Waals surface area contributed by atoms with Gasteiger partial charge in [-0.15, -0.1) is 0 Å². The van der Waals surface area contributed by atoms with Crippen LogP contribution in [0.5, 0.6) is 0 Å². The summed E-state index contributed by atoms with van der Waals surface area (Å²) in [4.78, 5) is 28.6. The molecule has 0 atom stereocenters. The van der Waals surface area contributed by atoms with Gasteiger partial charge in [0.05, 0.1) is 0 Å². The molecule has 0 bridgehead atoms. The lowest BCUT2D eigenvalue weighted by Crippen LogP contribution is -2.25. The Hall–Kier alpha value is -2.40. The van der Waals surface area contributed by atoms with Crippen molar-refractivity contribution < 1.29 is 9.59 Å². The number of carbonyl (C=O) groups is 2. The third-order valence-electron chi connectivity index (χ3n) is 3.77. The summed E-state index contributed by atoms with van der Waals surface area (Å²) in [6.07, 6.45) is 4.57. The van der Waals surface area contributed by atoms with E-state index >= 15 is 0 Å². The molecule has 2 rings (SSSR count). The Morgan fingerprint density at radius 3 is 2.68 bits per heavy atom. The van der Waals surface area contributed by atoms with Gasteiger partial charge in [0.2, 0.25) is 0 Å². The van der Waals surface area contributed by atoms with Crippen LogP contribution in [0.4, 0.5) is 5.69 Å². The molecule has 5 nitrogen and oxygen atoms in total. The summed E-state index contributed by atoms with van der Waals surface area (Å²) in [6.45, 7) is 4.61. The minimum atomic E-state index is -0.383. The molecule has 2 amide bonds. The maximum Gasteiger partial charge on any atom is 0.274 e. The summed E-state index contributed by atoms with van der Waals surface area (Å²) < 4.78 is 0. The molecule has 0 saturated carbocycles. The molecule has 6 heteroatoms. The molecule has 0 unspecified atom stereocenters. The third kappa shape index (κ3) is 5.57. The summed E-state index contributed by atoms with van der Waals surface area (Å²) in [5.41, 5.74) is 2.11. The maximum atomic E-state index is 12.4. The molecule has 0 spiro atoms. The molecule has 0 aliphatic heterocycles. The SMILES string of the molecule is CCCCCNC(=O)c1ccnc(C(=O)Nc2cc(Cl)ccc2C)c1. The molecule has 1 aromatic heterocycles. The van der Waals surface area contributed by atoms with Gasteiger partial charge in [0.15, 0.2) is 0 Å². The van der Waals surface area contributed by atoms with Crippen LogP contribution in [0, 0.1) is 6.92 Å². The van der Waals surface area contributed by atoms with Gasteiger partial charge in [-0.25, -0.2) is 0 Å². The van der Waals surface area contributed by atoms with Crippen molar-refractivity contribution in [2.75, 3.05) is 11.9 Å². The highest BCUT2D eigenvalue weighted by Crippen LogP contribution is 2.20. The summed E-state index contributed by atoms with van der Waals surface area (Å²) >= 11 is 5.96. The molecule has 0 saturated heterocycles. The standard InChI is InChI=1S/C19H22ClN3O2/c1-3-4-5-9-22-18(24)14-8-10-21-17(11-14)19(25)23-16-12-15(20)7-6-13(16)2/h6-8,10-12H,3-5,9H2,1-2H3,(H,22,24)(H,23,25). The molecular formula is C19H22ClN3O2. The number of hydrogen-bond donors (Lipinski definition) is 2. The Bertz CT molecular complexity index is 762. The normalized spacial score (nSPS) is 10.4. The predicted molar refractivity (Wildman–Crippen MR) is 100 cm³/mol. The molecule has 1 aromatic carbocycles. The highest BCUT2D eigenvalue weighted by molar-refractivity contribution is 6.31. The second-order valence-corrected chi connectivity index (χ2v) is 6.24. The van der Waals surface area contributed by atoms with E-state index in [2.05, 4.69) is 22.5 Å². The molecule has 2 aromatic rings. The number of nitrogens with zero attached hydrogens (tertiary/aromatic N) is 1. The van der Waals surface area contributed by atoms with Crippen LogP contribution >= 0.6 is 11.6 Å². The Kier molecular flexibility index (Phi) is 6.95. The van der Waals surface area contributed by atoms with E-state index in [4.69, 9.17) is 11.6 Å². The average Bonchev–Trinajstić information content (AvgIpc) is 2.61. The number of carbonyl (C=O) groups excluding carboxylic acids is 2. The number of rotatable bonds is 7. The summed E-state index contributed by atoms with van der Waals surface area (Å²) in [7, 11) is 0. The van der Waals surface area contributed by atoms with Crippen LogP contribution in [0.1, 0.15) is 52.6 Å². The lowest BCUT2D eigenvalue weighted by atomic mass is 10.1. The molecule has 0 aliphatic carbocycles. The fourth-order valence-electron chi connectivity index (χ4n) is 2.29. The van der Waals surface area contributed by atoms with Gasteiger partial charge < -0.3 is 10.6 Å². The number of benzene rings is 1. The van der Waals surface area contributed by atoms with Crippen molar-refractivity contribution in [1.29, 1.82) is 0 Å². The quantitative estimate of drug-likeness (QED) is 0.727. The molecule has 0 aliphatic rings. The van der Waals surface area contributed by atoms with E-state index in [9.17, 15) is 9.59 Å². The van der Waals surface area contributed by atoms with Crippen LogP contribution in [0.15, 0.2) is 36.5 Å². The van der Waals surface area contributed by atoms with Crippen LogP contribution in [0.3, 0.4) is 0 Å². The first-order valence-corrected chi connectivity index (χ1v) is 8.71. The predicted octanol–water partition coefficient (Wildman–Crippen LogP) is 4.22. The smallest absolute Gasteiger partial charge is 0.274 e. The largest absolute Gasteiger partial charge is 0.352 e. The minimum Gasteiger partial charge on any atom is -0.352 e. The average molecular weight is 360 g/mol. The van der Waals surface area contributed by atoms with E-state index in [-0.39, 0.29) is 17.5 Å². The molecule has 1 heterocycles. The number of pyridine rings is 1. The molecule has 0 fully saturated rings. The van der Waals surface area contributed by atoms with Crippen LogP contribution in [0.2, 0.25) is 5.02 Å². The van der Waals surface area contributed by atoms with E-state index < -0.39 is 0 Å². The number of anilines is 1. The molecule has 132 valence electrons. The van der Waals surface area contributed by atoms with E-state index in [0.717, 1.165) is 24.8 Å². The van der Waals surface area contributed by atoms with E-state index in [1.165, 1.54) is 12.3 Å². The number of aromatic nitrogens is 1. The van der Waals surface area contributed by atoms with Crippen molar-refractivity contribution in [2.24, 2.45) is 0 Å². The lowest BCUT2D eigenvalue weighted by molar-refractivity contribution is 0.0953. The van der Waals surface area contributed by atoms with Crippen molar-refractivity contribution in [3.63, 3.8) is 0 Å². The van der Waals surface area contributed by atoms with E-state index in [0.29, 0.717) is 22.8 Å². The van der Waals surface area contributed by atoms with Gasteiger partial charge in [-0.2, -0.15) is 0 Å². The summed E-state index contributed by atoms with van der Waals surface area (Å²) in [5.74, 6) is -0.586. The highest BCUT2D eigenvalue weighted by atomic mass is 35.5. The van der Waals surface area contributed by atoms with Crippen molar-refractivity contribution in [1.82, 2.24) is 10.3 Å². The van der Waals surface area contributed by atoms with Crippen molar-refractivity contribution in [3.05, 3.63) is 58.4 Å². The van der Waals surface area contributed by atoms with Crippen LogP contribution < -0.4 is 10.6 Å². The Morgan fingerprint density at radius 2 is 1.92 bits per heavy atom. The van der Waals surface area contributed by atoms with Gasteiger partial charge in [0.1, 0.15) is 5.69 Å². The first kappa shape index (κ1) is 18.9. The monoisotopic (exact) mass is 359 g/mol. The number of nitrogens with one attached hydrogen (secondary N) is 2.